The van der Waals surface area contributed by atoms with Gasteiger partial charge in [-0.25, -0.2) is 18.0 Å². The van der Waals surface area contributed by atoms with Gasteiger partial charge in [-0.15, -0.1) is 11.3 Å². The maximum Gasteiger partial charge on any atom is 0.345 e. The highest BCUT2D eigenvalue weighted by Crippen LogP contribution is 2.39. The third-order valence-corrected chi connectivity index (χ3v) is 6.23. The molecule has 138 valence electrons. The van der Waals surface area contributed by atoms with Crippen LogP contribution in [-0.2, 0) is 9.84 Å². The van der Waals surface area contributed by atoms with Crippen LogP contribution in [0.15, 0.2) is 59.5 Å². The molecule has 3 aromatic rings. The Kier molecular flexibility index (Phi) is 4.86. The molecular weight excluding hydrogens is 388 g/mol. The highest BCUT2D eigenvalue weighted by Gasteiger charge is 2.18. The lowest BCUT2D eigenvalue weighted by atomic mass is 10.0. The van der Waals surface area contributed by atoms with E-state index < -0.39 is 21.8 Å². The van der Waals surface area contributed by atoms with Crippen molar-refractivity contribution in [3.05, 3.63) is 65.0 Å². The van der Waals surface area contributed by atoms with Crippen LogP contribution in [0.4, 0.5) is 0 Å². The van der Waals surface area contributed by atoms with Crippen molar-refractivity contribution >= 4 is 33.1 Å². The molecule has 2 aromatic carbocycles. The van der Waals surface area contributed by atoms with Gasteiger partial charge < -0.3 is 10.2 Å². The molecule has 1 aromatic heterocycles. The Morgan fingerprint density at radius 3 is 1.89 bits per heavy atom. The van der Waals surface area contributed by atoms with Crippen molar-refractivity contribution in [2.45, 2.75) is 4.90 Å². The van der Waals surface area contributed by atoms with Crippen molar-refractivity contribution in [2.24, 2.45) is 0 Å². The number of carboxylic acids is 2. The van der Waals surface area contributed by atoms with Crippen LogP contribution in [-0.4, -0.2) is 36.8 Å². The summed E-state index contributed by atoms with van der Waals surface area (Å²) in [5.74, 6) is -2.11. The van der Waals surface area contributed by atoms with E-state index in [2.05, 4.69) is 0 Å². The van der Waals surface area contributed by atoms with E-state index in [1.807, 2.05) is 0 Å². The lowest BCUT2D eigenvalue weighted by molar-refractivity contribution is 0.0688. The number of sulfone groups is 1. The molecule has 0 radical (unpaired) electrons. The van der Waals surface area contributed by atoms with E-state index in [1.54, 1.807) is 24.3 Å². The summed E-state index contributed by atoms with van der Waals surface area (Å²) in [6.45, 7) is 0. The zero-order chi connectivity index (χ0) is 19.8. The maximum absolute atomic E-state index is 11.6. The molecule has 1 heterocycles. The van der Waals surface area contributed by atoms with E-state index in [0.717, 1.165) is 17.6 Å². The van der Waals surface area contributed by atoms with E-state index in [9.17, 15) is 23.1 Å². The van der Waals surface area contributed by atoms with Crippen LogP contribution in [0.2, 0.25) is 0 Å². The van der Waals surface area contributed by atoms with Gasteiger partial charge >= 0.3 is 11.9 Å². The summed E-state index contributed by atoms with van der Waals surface area (Å²) >= 11 is 1.07. The van der Waals surface area contributed by atoms with Gasteiger partial charge in [0.05, 0.1) is 10.5 Å². The quantitative estimate of drug-likeness (QED) is 0.670. The van der Waals surface area contributed by atoms with Crippen LogP contribution in [0.25, 0.3) is 21.6 Å². The fourth-order valence-electron chi connectivity index (χ4n) is 2.57. The molecule has 0 saturated carbocycles. The van der Waals surface area contributed by atoms with Gasteiger partial charge in [0.2, 0.25) is 0 Å². The average molecular weight is 402 g/mol. The van der Waals surface area contributed by atoms with Gasteiger partial charge in [-0.3, -0.25) is 0 Å². The number of hydrogen-bond acceptors (Lipinski definition) is 5. The first kappa shape index (κ1) is 18.8. The first-order valence-corrected chi connectivity index (χ1v) is 10.4. The first-order valence-electron chi connectivity index (χ1n) is 7.68. The lowest BCUT2D eigenvalue weighted by Crippen LogP contribution is -1.96. The third kappa shape index (κ3) is 3.91. The molecule has 3 rings (SSSR count). The molecule has 0 aliphatic heterocycles. The summed E-state index contributed by atoms with van der Waals surface area (Å²) in [6, 6.07) is 13.9. The molecule has 0 fully saturated rings. The molecule has 8 heteroatoms. The maximum atomic E-state index is 11.6. The minimum absolute atomic E-state index is 0.132. The number of benzene rings is 2. The van der Waals surface area contributed by atoms with Crippen LogP contribution in [0.3, 0.4) is 0 Å². The molecule has 0 saturated heterocycles. The minimum Gasteiger partial charge on any atom is -0.478 e. The van der Waals surface area contributed by atoms with Gasteiger partial charge in [-0.1, -0.05) is 24.3 Å². The number of carboxylic acid groups (broad SMARTS) is 2. The first-order chi connectivity index (χ1) is 12.7. The van der Waals surface area contributed by atoms with Crippen LogP contribution in [0.5, 0.6) is 0 Å². The summed E-state index contributed by atoms with van der Waals surface area (Å²) in [5.41, 5.74) is 2.12. The smallest absolute Gasteiger partial charge is 0.345 e. The Morgan fingerprint density at radius 1 is 0.852 bits per heavy atom. The summed E-state index contributed by atoms with van der Waals surface area (Å²) in [4.78, 5) is 23.4. The van der Waals surface area contributed by atoms with Crippen LogP contribution < -0.4 is 0 Å². The van der Waals surface area contributed by atoms with Gasteiger partial charge in [-0.2, -0.15) is 0 Å². The monoisotopic (exact) mass is 402 g/mol. The zero-order valence-electron chi connectivity index (χ0n) is 14.0. The fraction of sp³-hybridized carbons (Fsp3) is 0.0526. The second-order valence-corrected chi connectivity index (χ2v) is 8.91. The van der Waals surface area contributed by atoms with Crippen LogP contribution >= 0.6 is 11.3 Å². The summed E-state index contributed by atoms with van der Waals surface area (Å²) in [6.07, 6.45) is 1.12. The Balaban J connectivity index is 2.12. The molecule has 6 nitrogen and oxygen atoms in total. The number of carbonyl (C=O) groups is 2. The predicted molar refractivity (Wildman–Crippen MR) is 102 cm³/mol. The van der Waals surface area contributed by atoms with Crippen LogP contribution in [0, 0.1) is 0 Å². The molecule has 0 atom stereocenters. The number of aromatic carboxylic acids is 2. The Bertz CT molecular complexity index is 1120. The van der Waals surface area contributed by atoms with E-state index >= 15 is 0 Å². The Morgan fingerprint density at radius 2 is 1.41 bits per heavy atom. The molecule has 0 aliphatic rings. The zero-order valence-corrected chi connectivity index (χ0v) is 15.7. The predicted octanol–water partition coefficient (Wildman–Crippen LogP) is 3.88. The van der Waals surface area contributed by atoms with Crippen molar-refractivity contribution in [3.63, 3.8) is 0 Å². The topological polar surface area (TPSA) is 109 Å². The number of rotatable bonds is 5. The molecule has 2 N–H and O–H groups in total. The largest absolute Gasteiger partial charge is 0.478 e. The van der Waals surface area contributed by atoms with E-state index in [-0.39, 0.29) is 15.3 Å². The summed E-state index contributed by atoms with van der Waals surface area (Å²) in [7, 11) is -3.33. The minimum atomic E-state index is -3.33. The fourth-order valence-corrected chi connectivity index (χ4v) is 4.23. The van der Waals surface area contributed by atoms with Gasteiger partial charge in [-0.05, 0) is 41.5 Å². The van der Waals surface area contributed by atoms with Crippen molar-refractivity contribution in [1.82, 2.24) is 0 Å². The molecule has 0 unspecified atom stereocenters. The second-order valence-electron chi connectivity index (χ2n) is 5.84. The lowest BCUT2D eigenvalue weighted by Gasteiger charge is -2.06. The molecule has 27 heavy (non-hydrogen) atoms. The van der Waals surface area contributed by atoms with Crippen molar-refractivity contribution in [2.75, 3.05) is 6.26 Å². The van der Waals surface area contributed by atoms with E-state index in [0.29, 0.717) is 21.6 Å². The SMILES string of the molecule is CS(=O)(=O)c1ccc(-c2cc(C(=O)O)sc2-c2ccc(C(=O)O)cc2)cc1. The Labute approximate surface area is 159 Å². The molecule has 0 spiro atoms. The van der Waals surface area contributed by atoms with Gasteiger partial charge in [0, 0.05) is 16.7 Å². The van der Waals surface area contributed by atoms with Crippen molar-refractivity contribution in [1.29, 1.82) is 0 Å². The average Bonchev–Trinajstić information content (AvgIpc) is 3.07. The standard InChI is InChI=1S/C19H14O6S2/c1-27(24,25)14-8-6-11(7-9-14)15-10-16(19(22)23)26-17(15)12-2-4-13(5-3-12)18(20)21/h2-10H,1H3,(H,20,21)(H,22,23). The van der Waals surface area contributed by atoms with Gasteiger partial charge in [0.15, 0.2) is 9.84 Å². The molecule has 0 amide bonds. The summed E-state index contributed by atoms with van der Waals surface area (Å²) < 4.78 is 23.3. The molecule has 0 aliphatic carbocycles. The highest BCUT2D eigenvalue weighted by atomic mass is 32.2. The normalized spacial score (nSPS) is 11.3. The third-order valence-electron chi connectivity index (χ3n) is 3.93. The molecular formula is C19H14O6S2. The second kappa shape index (κ2) is 6.98. The van der Waals surface area contributed by atoms with Crippen molar-refractivity contribution in [3.8, 4) is 21.6 Å². The molecule has 0 bridgehead atoms. The van der Waals surface area contributed by atoms with Crippen LogP contribution in [0.1, 0.15) is 20.0 Å². The van der Waals surface area contributed by atoms with E-state index in [4.69, 9.17) is 5.11 Å². The van der Waals surface area contributed by atoms with E-state index in [1.165, 1.54) is 30.3 Å². The number of thiophene rings is 1. The highest BCUT2D eigenvalue weighted by molar-refractivity contribution is 7.90. The summed E-state index contributed by atoms with van der Waals surface area (Å²) in [5, 5.41) is 18.4. The van der Waals surface area contributed by atoms with Gasteiger partial charge in [0.25, 0.3) is 0 Å². The Hall–Kier alpha value is -2.97. The number of hydrogen-bond donors (Lipinski definition) is 2. The van der Waals surface area contributed by atoms with Gasteiger partial charge in [0.1, 0.15) is 4.88 Å². The van der Waals surface area contributed by atoms with Crippen molar-refractivity contribution < 1.29 is 28.2 Å².